The van der Waals surface area contributed by atoms with Crippen molar-refractivity contribution in [2.75, 3.05) is 0 Å². The maximum Gasteiger partial charge on any atom is 0.345 e. The molecule has 1 aromatic rings. The van der Waals surface area contributed by atoms with Gasteiger partial charge in [-0.1, -0.05) is 18.2 Å². The van der Waals surface area contributed by atoms with Gasteiger partial charge in [0.1, 0.15) is 0 Å². The van der Waals surface area contributed by atoms with Crippen LogP contribution >= 0.6 is 7.60 Å². The van der Waals surface area contributed by atoms with Crippen molar-refractivity contribution in [2.24, 2.45) is 0 Å². The van der Waals surface area contributed by atoms with Gasteiger partial charge in [-0.05, 0) is 38.3 Å². The minimum Gasteiger partial charge on any atom is -0.411 e. The van der Waals surface area contributed by atoms with E-state index >= 15 is 0 Å². The Hall–Kier alpha value is -0.276. The van der Waals surface area contributed by atoms with Gasteiger partial charge in [0, 0.05) is 0 Å². The summed E-state index contributed by atoms with van der Waals surface area (Å²) in [5.41, 5.74) is 0. The fraction of sp³-hybridized carbons (Fsp3) is 0.400. The highest BCUT2D eigenvalue weighted by molar-refractivity contribution is 7.64. The van der Waals surface area contributed by atoms with Crippen LogP contribution in [0.25, 0.3) is 0 Å². The third kappa shape index (κ3) is 5.15. The molecule has 102 valence electrons. The summed E-state index contributed by atoms with van der Waals surface area (Å²) in [6.45, 7) is 5.99. The van der Waals surface area contributed by atoms with Crippen LogP contribution in [0.2, 0.25) is 26.2 Å². The van der Waals surface area contributed by atoms with Crippen LogP contribution in [0, 0.1) is 0 Å². The van der Waals surface area contributed by atoms with Crippen molar-refractivity contribution in [3.8, 4) is 0 Å². The third-order valence-corrected chi connectivity index (χ3v) is 8.19. The molecule has 0 amide bonds. The molecule has 8 heteroatoms. The summed E-state index contributed by atoms with van der Waals surface area (Å²) >= 11 is 0. The molecule has 2 N–H and O–H groups in total. The summed E-state index contributed by atoms with van der Waals surface area (Å²) in [7, 11) is -9.80. The molecule has 0 unspecified atom stereocenters. The zero-order valence-corrected chi connectivity index (χ0v) is 13.8. The Labute approximate surface area is 109 Å². The Balaban J connectivity index is 3.14. The minimum atomic E-state index is -3.69. The molecule has 18 heavy (non-hydrogen) atoms. The van der Waals surface area contributed by atoms with Crippen molar-refractivity contribution in [3.63, 3.8) is 0 Å². The van der Waals surface area contributed by atoms with Crippen molar-refractivity contribution >= 4 is 30.0 Å². The topological polar surface area (TPSA) is 76.0 Å². The first-order valence-electron chi connectivity index (χ1n) is 5.54. The molecule has 0 fully saturated rings. The number of benzene rings is 1. The number of hydrogen-bond donors (Lipinski definition) is 2. The van der Waals surface area contributed by atoms with Crippen LogP contribution in [0.4, 0.5) is 0 Å². The third-order valence-electron chi connectivity index (χ3n) is 1.76. The van der Waals surface area contributed by atoms with Crippen molar-refractivity contribution < 1.29 is 22.6 Å². The van der Waals surface area contributed by atoms with Crippen molar-refractivity contribution in [2.45, 2.75) is 26.2 Å². The van der Waals surface area contributed by atoms with Crippen molar-refractivity contribution in [1.82, 2.24) is 0 Å². The van der Waals surface area contributed by atoms with Crippen LogP contribution < -0.4 is 5.30 Å². The molecule has 0 atom stereocenters. The first-order valence-corrected chi connectivity index (χ1v) is 12.8. The molecule has 0 bridgehead atoms. The highest BCUT2D eigenvalue weighted by atomic mass is 31.2. The summed E-state index contributed by atoms with van der Waals surface area (Å²) in [4.78, 5) is 19.6. The molecule has 0 aliphatic carbocycles. The largest absolute Gasteiger partial charge is 0.411 e. The molecule has 0 saturated carbocycles. The molecule has 0 spiro atoms. The zero-order valence-electron chi connectivity index (χ0n) is 11.0. The maximum atomic E-state index is 12.8. The molecule has 0 aliphatic rings. The van der Waals surface area contributed by atoms with Crippen LogP contribution in [0.15, 0.2) is 30.3 Å². The molecule has 0 aliphatic heterocycles. The quantitative estimate of drug-likeness (QED) is 0.642. The van der Waals surface area contributed by atoms with E-state index in [1.807, 2.05) is 0 Å². The molecule has 0 aromatic heterocycles. The van der Waals surface area contributed by atoms with Crippen molar-refractivity contribution in [1.29, 1.82) is 0 Å². The highest BCUT2D eigenvalue weighted by Gasteiger charge is 2.40. The smallest absolute Gasteiger partial charge is 0.345 e. The van der Waals surface area contributed by atoms with Gasteiger partial charge in [-0.3, -0.25) is 4.57 Å². The van der Waals surface area contributed by atoms with E-state index < -0.39 is 24.7 Å². The summed E-state index contributed by atoms with van der Waals surface area (Å²) in [6.07, 6.45) is 0. The van der Waals surface area contributed by atoms with E-state index in [1.165, 1.54) is 26.2 Å². The minimum absolute atomic E-state index is 0.342. The van der Waals surface area contributed by atoms with Crippen molar-refractivity contribution in [3.05, 3.63) is 30.3 Å². The average Bonchev–Trinajstić information content (AvgIpc) is 2.13. The average molecular weight is 306 g/mol. The lowest BCUT2D eigenvalue weighted by molar-refractivity contribution is 0.312. The van der Waals surface area contributed by atoms with Gasteiger partial charge < -0.3 is 18.0 Å². The number of hydrogen-bond acceptors (Lipinski definition) is 5. The second-order valence-corrected chi connectivity index (χ2v) is 13.7. The molecular formula is C10H19O5PSi2. The lowest BCUT2D eigenvalue weighted by atomic mass is 10.4. The van der Waals surface area contributed by atoms with E-state index in [0.29, 0.717) is 5.30 Å². The zero-order chi connectivity index (χ0) is 14.0. The molecular weight excluding hydrogens is 287 g/mol. The standard InChI is InChI=1S/C10H19O5PSi2/c1-17(2,12)14-16(11,15-18(3,4)13)10-8-6-5-7-9-10/h5-9,12-13H,1-4H3. The van der Waals surface area contributed by atoms with Gasteiger partial charge >= 0.3 is 24.7 Å². The Morgan fingerprint density at radius 2 is 1.33 bits per heavy atom. The second kappa shape index (κ2) is 5.38. The second-order valence-electron chi connectivity index (χ2n) is 4.91. The van der Waals surface area contributed by atoms with Crippen LogP contribution in [-0.4, -0.2) is 26.7 Å². The Bertz CT molecular complexity index is 418. The highest BCUT2D eigenvalue weighted by Crippen LogP contribution is 2.50. The van der Waals surface area contributed by atoms with Gasteiger partial charge in [0.25, 0.3) is 0 Å². The summed E-state index contributed by atoms with van der Waals surface area (Å²) in [6, 6.07) is 8.37. The van der Waals surface area contributed by atoms with Gasteiger partial charge in [-0.15, -0.1) is 0 Å². The van der Waals surface area contributed by atoms with Gasteiger partial charge in [0.2, 0.25) is 0 Å². The normalized spacial score (nSPS) is 13.7. The van der Waals surface area contributed by atoms with Crippen LogP contribution in [0.1, 0.15) is 0 Å². The van der Waals surface area contributed by atoms with E-state index in [4.69, 9.17) is 8.43 Å². The van der Waals surface area contributed by atoms with Gasteiger partial charge in [-0.2, -0.15) is 0 Å². The van der Waals surface area contributed by atoms with Crippen LogP contribution in [0.3, 0.4) is 0 Å². The number of rotatable bonds is 5. The molecule has 0 radical (unpaired) electrons. The Morgan fingerprint density at radius 1 is 0.944 bits per heavy atom. The maximum absolute atomic E-state index is 12.8. The lowest BCUT2D eigenvalue weighted by Gasteiger charge is -2.28. The molecule has 0 heterocycles. The SMILES string of the molecule is C[Si](C)(O)OP(=O)(O[Si](C)(C)O)c1ccccc1. The van der Waals surface area contributed by atoms with Crippen LogP contribution in [-0.2, 0) is 13.0 Å². The predicted molar refractivity (Wildman–Crippen MR) is 75.3 cm³/mol. The van der Waals surface area contributed by atoms with E-state index in [0.717, 1.165) is 0 Å². The summed E-state index contributed by atoms with van der Waals surface area (Å²) in [5.74, 6) is 0. The van der Waals surface area contributed by atoms with Gasteiger partial charge in [-0.25, -0.2) is 0 Å². The van der Waals surface area contributed by atoms with E-state index in [1.54, 1.807) is 30.3 Å². The van der Waals surface area contributed by atoms with E-state index in [-0.39, 0.29) is 0 Å². The molecule has 0 saturated heterocycles. The Kier molecular flexibility index (Phi) is 4.72. The monoisotopic (exact) mass is 306 g/mol. The van der Waals surface area contributed by atoms with E-state index in [2.05, 4.69) is 0 Å². The fourth-order valence-corrected chi connectivity index (χ4v) is 7.89. The first-order chi connectivity index (χ1) is 8.02. The van der Waals surface area contributed by atoms with Gasteiger partial charge in [0.05, 0.1) is 5.30 Å². The molecule has 5 nitrogen and oxygen atoms in total. The van der Waals surface area contributed by atoms with E-state index in [9.17, 15) is 14.2 Å². The van der Waals surface area contributed by atoms with Gasteiger partial charge in [0.15, 0.2) is 0 Å². The Morgan fingerprint density at radius 3 is 1.67 bits per heavy atom. The fourth-order valence-electron chi connectivity index (χ4n) is 1.32. The predicted octanol–water partition coefficient (Wildman–Crippen LogP) is 1.93. The lowest BCUT2D eigenvalue weighted by Crippen LogP contribution is -2.36. The van der Waals surface area contributed by atoms with Crippen LogP contribution in [0.5, 0.6) is 0 Å². The summed E-state index contributed by atoms with van der Waals surface area (Å²) in [5, 5.41) is 0.342. The first kappa shape index (κ1) is 15.8. The molecule has 1 aromatic carbocycles. The molecule has 1 rings (SSSR count). The summed E-state index contributed by atoms with van der Waals surface area (Å²) < 4.78 is 23.3.